The van der Waals surface area contributed by atoms with Crippen molar-refractivity contribution in [1.82, 2.24) is 5.32 Å². The van der Waals surface area contributed by atoms with Crippen molar-refractivity contribution < 1.29 is 28.8 Å². The Kier molecular flexibility index (Phi) is 5.82. The largest absolute Gasteiger partial charge is 0.388 e. The normalized spacial score (nSPS) is 34.8. The topological polar surface area (TPSA) is 86.2 Å². The van der Waals surface area contributed by atoms with E-state index < -0.39 is 36.9 Å². The molecule has 2 heterocycles. The molecule has 2 aliphatic rings. The Morgan fingerprint density at radius 2 is 2.16 bits per heavy atom. The van der Waals surface area contributed by atoms with Gasteiger partial charge >= 0.3 is 0 Å². The molecule has 0 aromatic heterocycles. The van der Waals surface area contributed by atoms with E-state index in [9.17, 15) is 9.90 Å². The summed E-state index contributed by atoms with van der Waals surface area (Å²) < 4.78 is 23.1. The number of aliphatic hydroxyl groups excluding tert-OH is 1. The predicted molar refractivity (Wildman–Crippen MR) is 88.4 cm³/mol. The molecule has 7 heteroatoms. The minimum atomic E-state index is -0.993. The summed E-state index contributed by atoms with van der Waals surface area (Å²) in [6, 6.07) is 8.73. The van der Waals surface area contributed by atoms with Crippen molar-refractivity contribution in [3.8, 4) is 0 Å². The summed E-state index contributed by atoms with van der Waals surface area (Å²) in [6.07, 6.45) is -1.95. The summed E-state index contributed by atoms with van der Waals surface area (Å²) in [5.41, 5.74) is 0.856. The van der Waals surface area contributed by atoms with Gasteiger partial charge in [-0.3, -0.25) is 4.79 Å². The smallest absolute Gasteiger partial charge is 0.217 e. The molecule has 6 atom stereocenters. The fourth-order valence-electron chi connectivity index (χ4n) is 3.07. The molecule has 1 amide bonds. The lowest BCUT2D eigenvalue weighted by atomic mass is 9.95. The van der Waals surface area contributed by atoms with Crippen LogP contribution in [-0.2, 0) is 23.7 Å². The van der Waals surface area contributed by atoms with E-state index in [1.807, 2.05) is 30.3 Å². The maximum atomic E-state index is 11.5. The molecule has 7 nitrogen and oxygen atoms in total. The molecule has 1 aromatic rings. The molecule has 0 spiro atoms. The standard InChI is InChI=1S/C18H23NO6/c1-3-9-22-18-14(19-11(2)20)15(21)16-13(24-18)10-23-17(25-16)12-7-5-4-6-8-12/h3-8,13-18,21H,1,9-10H2,2H3,(H,19,20). The van der Waals surface area contributed by atoms with Gasteiger partial charge in [0.05, 0.1) is 13.2 Å². The number of fused-ring (bicyclic) bond motifs is 1. The second-order valence-electron chi connectivity index (χ2n) is 6.06. The Hall–Kier alpha value is -1.77. The first-order valence-electron chi connectivity index (χ1n) is 8.25. The van der Waals surface area contributed by atoms with Crippen molar-refractivity contribution in [3.05, 3.63) is 48.6 Å². The molecule has 0 aliphatic carbocycles. The Morgan fingerprint density at radius 1 is 1.40 bits per heavy atom. The molecule has 2 N–H and O–H groups in total. The summed E-state index contributed by atoms with van der Waals surface area (Å²) >= 11 is 0. The SMILES string of the molecule is C=CCOC1OC2COC(c3ccccc3)OC2C(O)C1NC(C)=O. The Morgan fingerprint density at radius 3 is 2.84 bits per heavy atom. The molecule has 2 aliphatic heterocycles. The average Bonchev–Trinajstić information content (AvgIpc) is 2.63. The number of hydrogen-bond acceptors (Lipinski definition) is 6. The molecule has 0 radical (unpaired) electrons. The van der Waals surface area contributed by atoms with Crippen LogP contribution in [0.1, 0.15) is 18.8 Å². The van der Waals surface area contributed by atoms with E-state index in [1.54, 1.807) is 6.08 Å². The Labute approximate surface area is 146 Å². The molecular formula is C18H23NO6. The van der Waals surface area contributed by atoms with Gasteiger partial charge < -0.3 is 29.4 Å². The van der Waals surface area contributed by atoms with Crippen LogP contribution in [-0.4, -0.2) is 54.9 Å². The number of carbonyl (C=O) groups excluding carboxylic acids is 1. The van der Waals surface area contributed by atoms with Gasteiger partial charge in [-0.2, -0.15) is 0 Å². The van der Waals surface area contributed by atoms with Gasteiger partial charge in [0, 0.05) is 12.5 Å². The van der Waals surface area contributed by atoms with Crippen LogP contribution >= 0.6 is 0 Å². The van der Waals surface area contributed by atoms with Crippen molar-refractivity contribution in [2.45, 2.75) is 43.9 Å². The average molecular weight is 349 g/mol. The van der Waals surface area contributed by atoms with Crippen molar-refractivity contribution in [2.24, 2.45) is 0 Å². The minimum absolute atomic E-state index is 0.235. The zero-order valence-electron chi connectivity index (χ0n) is 14.0. The lowest BCUT2D eigenvalue weighted by Gasteiger charge is -2.47. The highest BCUT2D eigenvalue weighted by molar-refractivity contribution is 5.73. The van der Waals surface area contributed by atoms with Crippen LogP contribution in [0.2, 0.25) is 0 Å². The Bertz CT molecular complexity index is 594. The number of carbonyl (C=O) groups is 1. The highest BCUT2D eigenvalue weighted by atomic mass is 16.7. The van der Waals surface area contributed by atoms with Crippen molar-refractivity contribution >= 4 is 5.91 Å². The van der Waals surface area contributed by atoms with Gasteiger partial charge in [-0.05, 0) is 0 Å². The number of ether oxygens (including phenoxy) is 4. The van der Waals surface area contributed by atoms with Gasteiger partial charge in [0.25, 0.3) is 0 Å². The summed E-state index contributed by atoms with van der Waals surface area (Å²) in [6.45, 7) is 5.46. The molecule has 2 fully saturated rings. The number of amides is 1. The summed E-state index contributed by atoms with van der Waals surface area (Å²) in [5.74, 6) is -0.287. The van der Waals surface area contributed by atoms with Crippen LogP contribution in [0.4, 0.5) is 0 Å². The van der Waals surface area contributed by atoms with Gasteiger partial charge in [0.1, 0.15) is 24.4 Å². The van der Waals surface area contributed by atoms with Crippen LogP contribution in [0.5, 0.6) is 0 Å². The molecule has 1 aromatic carbocycles. The third kappa shape index (κ3) is 4.08. The zero-order chi connectivity index (χ0) is 17.8. The lowest BCUT2D eigenvalue weighted by molar-refractivity contribution is -0.343. The second kappa shape index (κ2) is 8.07. The van der Waals surface area contributed by atoms with Gasteiger partial charge in [0.2, 0.25) is 5.91 Å². The summed E-state index contributed by atoms with van der Waals surface area (Å²) in [5, 5.41) is 13.5. The second-order valence-corrected chi connectivity index (χ2v) is 6.06. The first-order chi connectivity index (χ1) is 12.1. The molecule has 25 heavy (non-hydrogen) atoms. The zero-order valence-corrected chi connectivity index (χ0v) is 14.0. The summed E-state index contributed by atoms with van der Waals surface area (Å²) in [7, 11) is 0. The van der Waals surface area contributed by atoms with Crippen molar-refractivity contribution in [2.75, 3.05) is 13.2 Å². The highest BCUT2D eigenvalue weighted by Crippen LogP contribution is 2.34. The molecule has 0 saturated carbocycles. The van der Waals surface area contributed by atoms with E-state index in [4.69, 9.17) is 18.9 Å². The van der Waals surface area contributed by atoms with Crippen molar-refractivity contribution in [1.29, 1.82) is 0 Å². The van der Waals surface area contributed by atoms with Gasteiger partial charge in [0.15, 0.2) is 12.6 Å². The minimum Gasteiger partial charge on any atom is -0.388 e. The first kappa shape index (κ1) is 18.0. The van der Waals surface area contributed by atoms with Gasteiger partial charge in [-0.1, -0.05) is 36.4 Å². The lowest BCUT2D eigenvalue weighted by Crippen LogP contribution is -2.66. The molecule has 6 unspecified atom stereocenters. The molecule has 0 bridgehead atoms. The highest BCUT2D eigenvalue weighted by Gasteiger charge is 2.50. The number of rotatable bonds is 5. The van der Waals surface area contributed by atoms with Crippen LogP contribution in [0.3, 0.4) is 0 Å². The molecule has 2 saturated heterocycles. The van der Waals surface area contributed by atoms with E-state index in [-0.39, 0.29) is 19.1 Å². The number of hydrogen-bond donors (Lipinski definition) is 2. The third-order valence-electron chi connectivity index (χ3n) is 4.19. The quantitative estimate of drug-likeness (QED) is 0.768. The molecule has 3 rings (SSSR count). The number of nitrogens with one attached hydrogen (secondary N) is 1. The third-order valence-corrected chi connectivity index (χ3v) is 4.19. The van der Waals surface area contributed by atoms with Crippen LogP contribution in [0.15, 0.2) is 43.0 Å². The van der Waals surface area contributed by atoms with E-state index in [0.717, 1.165) is 5.56 Å². The monoisotopic (exact) mass is 349 g/mol. The van der Waals surface area contributed by atoms with E-state index in [1.165, 1.54) is 6.92 Å². The molecular weight excluding hydrogens is 326 g/mol. The van der Waals surface area contributed by atoms with Gasteiger partial charge in [-0.15, -0.1) is 6.58 Å². The predicted octanol–water partition coefficient (Wildman–Crippen LogP) is 0.894. The van der Waals surface area contributed by atoms with Crippen LogP contribution in [0, 0.1) is 0 Å². The van der Waals surface area contributed by atoms with Crippen molar-refractivity contribution in [3.63, 3.8) is 0 Å². The first-order valence-corrected chi connectivity index (χ1v) is 8.25. The maximum Gasteiger partial charge on any atom is 0.217 e. The Balaban J connectivity index is 1.75. The number of benzene rings is 1. The number of aliphatic hydroxyl groups is 1. The molecule has 136 valence electrons. The van der Waals surface area contributed by atoms with Crippen LogP contribution < -0.4 is 5.32 Å². The fraction of sp³-hybridized carbons (Fsp3) is 0.500. The van der Waals surface area contributed by atoms with E-state index >= 15 is 0 Å². The maximum absolute atomic E-state index is 11.5. The van der Waals surface area contributed by atoms with Crippen LogP contribution in [0.25, 0.3) is 0 Å². The van der Waals surface area contributed by atoms with Gasteiger partial charge in [-0.25, -0.2) is 0 Å². The fourth-order valence-corrected chi connectivity index (χ4v) is 3.07. The van der Waals surface area contributed by atoms with E-state index in [2.05, 4.69) is 11.9 Å². The summed E-state index contributed by atoms with van der Waals surface area (Å²) in [4.78, 5) is 11.5. The van der Waals surface area contributed by atoms with E-state index in [0.29, 0.717) is 0 Å².